The smallest absolute Gasteiger partial charge is 0.254 e. The Morgan fingerprint density at radius 2 is 2.00 bits per heavy atom. The summed E-state index contributed by atoms with van der Waals surface area (Å²) in [6, 6.07) is 12.3. The zero-order chi connectivity index (χ0) is 18.4. The van der Waals surface area contributed by atoms with Crippen molar-refractivity contribution >= 4 is 17.7 Å². The molecule has 1 amide bonds. The van der Waals surface area contributed by atoms with Crippen LogP contribution in [-0.4, -0.2) is 52.6 Å². The summed E-state index contributed by atoms with van der Waals surface area (Å²) in [5, 5.41) is 0.925. The van der Waals surface area contributed by atoms with Gasteiger partial charge < -0.3 is 4.90 Å². The van der Waals surface area contributed by atoms with E-state index in [1.54, 1.807) is 18.0 Å². The number of hydrogen-bond acceptors (Lipinski definition) is 4. The van der Waals surface area contributed by atoms with Gasteiger partial charge in [0.25, 0.3) is 5.91 Å². The van der Waals surface area contributed by atoms with E-state index in [2.05, 4.69) is 48.0 Å². The van der Waals surface area contributed by atoms with Crippen LogP contribution in [0.15, 0.2) is 47.6 Å². The first kappa shape index (κ1) is 18.9. The summed E-state index contributed by atoms with van der Waals surface area (Å²) in [7, 11) is 0. The molecule has 0 saturated carbocycles. The van der Waals surface area contributed by atoms with Crippen LogP contribution in [0.5, 0.6) is 0 Å². The van der Waals surface area contributed by atoms with E-state index in [9.17, 15) is 4.79 Å². The minimum atomic E-state index is 0.128. The number of pyridine rings is 1. The number of benzene rings is 1. The number of aromatic nitrogens is 1. The Bertz CT molecular complexity index is 750. The number of hydrogen-bond donors (Lipinski definition) is 0. The molecule has 0 atom stereocenters. The maximum Gasteiger partial charge on any atom is 0.254 e. The first-order valence-corrected chi connectivity index (χ1v) is 10.3. The van der Waals surface area contributed by atoms with Crippen LogP contribution in [0.2, 0.25) is 0 Å². The summed E-state index contributed by atoms with van der Waals surface area (Å²) in [5.41, 5.74) is 3.47. The molecular formula is C21H27N3OS. The fourth-order valence-electron chi connectivity index (χ4n) is 3.31. The van der Waals surface area contributed by atoms with Crippen molar-refractivity contribution in [3.05, 3.63) is 59.3 Å². The van der Waals surface area contributed by atoms with Crippen LogP contribution in [0.4, 0.5) is 0 Å². The molecule has 1 aromatic heterocycles. The Labute approximate surface area is 160 Å². The van der Waals surface area contributed by atoms with Gasteiger partial charge in [0.05, 0.1) is 5.03 Å². The second-order valence-electron chi connectivity index (χ2n) is 6.66. The molecule has 138 valence electrons. The van der Waals surface area contributed by atoms with E-state index in [0.29, 0.717) is 0 Å². The molecule has 1 aliphatic rings. The number of thioether (sulfide) groups is 1. The topological polar surface area (TPSA) is 36.4 Å². The molecule has 0 bridgehead atoms. The monoisotopic (exact) mass is 369 g/mol. The highest BCUT2D eigenvalue weighted by Gasteiger charge is 2.21. The minimum Gasteiger partial charge on any atom is -0.337 e. The third kappa shape index (κ3) is 4.86. The van der Waals surface area contributed by atoms with Gasteiger partial charge in [-0.25, -0.2) is 4.98 Å². The van der Waals surface area contributed by atoms with E-state index in [4.69, 9.17) is 0 Å². The van der Waals surface area contributed by atoms with Gasteiger partial charge in [0, 0.05) is 44.5 Å². The van der Waals surface area contributed by atoms with Crippen molar-refractivity contribution < 1.29 is 4.79 Å². The fourth-order valence-corrected chi connectivity index (χ4v) is 3.95. The number of rotatable bonds is 5. The van der Waals surface area contributed by atoms with Crippen molar-refractivity contribution in [3.63, 3.8) is 0 Å². The summed E-state index contributed by atoms with van der Waals surface area (Å²) in [6.45, 7) is 8.77. The molecule has 4 nitrogen and oxygen atoms in total. The molecule has 0 aliphatic carbocycles. The van der Waals surface area contributed by atoms with Gasteiger partial charge in [-0.1, -0.05) is 31.2 Å². The highest BCUT2D eigenvalue weighted by molar-refractivity contribution is 7.99. The van der Waals surface area contributed by atoms with Gasteiger partial charge >= 0.3 is 0 Å². The second kappa shape index (κ2) is 9.19. The molecule has 0 unspecified atom stereocenters. The molecule has 0 N–H and O–H groups in total. The molecule has 2 aromatic rings. The van der Waals surface area contributed by atoms with Crippen molar-refractivity contribution in [3.8, 4) is 0 Å². The van der Waals surface area contributed by atoms with Gasteiger partial charge in [-0.05, 0) is 42.4 Å². The Hall–Kier alpha value is -1.85. The fraction of sp³-hybridized carbons (Fsp3) is 0.429. The minimum absolute atomic E-state index is 0.128. The number of amides is 1. The molecule has 26 heavy (non-hydrogen) atoms. The average molecular weight is 370 g/mol. The van der Waals surface area contributed by atoms with Gasteiger partial charge in [0.2, 0.25) is 0 Å². The highest BCUT2D eigenvalue weighted by Crippen LogP contribution is 2.18. The van der Waals surface area contributed by atoms with E-state index in [-0.39, 0.29) is 5.91 Å². The van der Waals surface area contributed by atoms with Crippen LogP contribution in [0.25, 0.3) is 0 Å². The lowest BCUT2D eigenvalue weighted by Gasteiger charge is -2.22. The molecule has 1 aromatic carbocycles. The molecule has 0 radical (unpaired) electrons. The third-order valence-corrected chi connectivity index (χ3v) is 5.61. The number of carbonyl (C=O) groups excluding carboxylic acids is 1. The maximum absolute atomic E-state index is 12.9. The number of aryl methyl sites for hydroxylation is 1. The summed E-state index contributed by atoms with van der Waals surface area (Å²) >= 11 is 1.67. The Balaban J connectivity index is 1.62. The lowest BCUT2D eigenvalue weighted by molar-refractivity contribution is 0.0760. The Morgan fingerprint density at radius 3 is 2.81 bits per heavy atom. The predicted octanol–water partition coefficient (Wildman–Crippen LogP) is 3.85. The normalized spacial score (nSPS) is 15.7. The van der Waals surface area contributed by atoms with Gasteiger partial charge in [0.1, 0.15) is 0 Å². The SMILES string of the molecule is CCSc1cc(C(=O)N2CCCN(Cc3ccccc3C)CC2)ccn1. The standard InChI is InChI=1S/C21H27N3OS/c1-3-26-20-15-18(9-10-22-20)21(25)24-12-6-11-23(13-14-24)16-19-8-5-4-7-17(19)2/h4-5,7-10,15H,3,6,11-14,16H2,1-2H3. The van der Waals surface area contributed by atoms with E-state index in [1.165, 1.54) is 11.1 Å². The molecular weight excluding hydrogens is 342 g/mol. The van der Waals surface area contributed by atoms with Crippen LogP contribution in [0, 0.1) is 6.92 Å². The zero-order valence-electron chi connectivity index (χ0n) is 15.6. The van der Waals surface area contributed by atoms with Crippen LogP contribution in [0.3, 0.4) is 0 Å². The van der Waals surface area contributed by atoms with Gasteiger partial charge in [-0.15, -0.1) is 11.8 Å². The van der Waals surface area contributed by atoms with Crippen LogP contribution in [0.1, 0.15) is 34.8 Å². The summed E-state index contributed by atoms with van der Waals surface area (Å²) < 4.78 is 0. The lowest BCUT2D eigenvalue weighted by atomic mass is 10.1. The van der Waals surface area contributed by atoms with Crippen LogP contribution < -0.4 is 0 Å². The predicted molar refractivity (Wildman–Crippen MR) is 108 cm³/mol. The summed E-state index contributed by atoms with van der Waals surface area (Å²) in [5.74, 6) is 1.09. The van der Waals surface area contributed by atoms with Crippen LogP contribution in [-0.2, 0) is 6.54 Å². The van der Waals surface area contributed by atoms with Crippen molar-refractivity contribution in [1.82, 2.24) is 14.8 Å². The van der Waals surface area contributed by atoms with Gasteiger partial charge in [0.15, 0.2) is 0 Å². The Kier molecular flexibility index (Phi) is 6.69. The lowest BCUT2D eigenvalue weighted by Crippen LogP contribution is -2.35. The first-order valence-electron chi connectivity index (χ1n) is 9.32. The zero-order valence-corrected chi connectivity index (χ0v) is 16.5. The van der Waals surface area contributed by atoms with E-state index in [0.717, 1.165) is 55.5 Å². The van der Waals surface area contributed by atoms with Gasteiger partial charge in [-0.2, -0.15) is 0 Å². The molecule has 1 saturated heterocycles. The van der Waals surface area contributed by atoms with Crippen molar-refractivity contribution in [2.24, 2.45) is 0 Å². The highest BCUT2D eigenvalue weighted by atomic mass is 32.2. The quantitative estimate of drug-likeness (QED) is 0.750. The van der Waals surface area contributed by atoms with E-state index < -0.39 is 0 Å². The van der Waals surface area contributed by atoms with Crippen molar-refractivity contribution in [2.45, 2.75) is 31.8 Å². The molecule has 1 fully saturated rings. The summed E-state index contributed by atoms with van der Waals surface area (Å²) in [4.78, 5) is 21.7. The molecule has 0 spiro atoms. The molecule has 2 heterocycles. The van der Waals surface area contributed by atoms with E-state index in [1.807, 2.05) is 17.0 Å². The average Bonchev–Trinajstić information content (AvgIpc) is 2.89. The largest absolute Gasteiger partial charge is 0.337 e. The second-order valence-corrected chi connectivity index (χ2v) is 7.95. The summed E-state index contributed by atoms with van der Waals surface area (Å²) in [6.07, 6.45) is 2.76. The third-order valence-electron chi connectivity index (χ3n) is 4.80. The molecule has 3 rings (SSSR count). The number of nitrogens with zero attached hydrogens (tertiary/aromatic N) is 3. The van der Waals surface area contributed by atoms with Crippen LogP contribution >= 0.6 is 11.8 Å². The van der Waals surface area contributed by atoms with Gasteiger partial charge in [-0.3, -0.25) is 9.69 Å². The molecule has 1 aliphatic heterocycles. The van der Waals surface area contributed by atoms with Crippen molar-refractivity contribution in [1.29, 1.82) is 0 Å². The Morgan fingerprint density at radius 1 is 1.15 bits per heavy atom. The van der Waals surface area contributed by atoms with Crippen molar-refractivity contribution in [2.75, 3.05) is 31.9 Å². The maximum atomic E-state index is 12.9. The number of carbonyl (C=O) groups is 1. The first-order chi connectivity index (χ1) is 12.7. The molecule has 5 heteroatoms. The van der Waals surface area contributed by atoms with E-state index >= 15 is 0 Å².